The van der Waals surface area contributed by atoms with Crippen LogP contribution in [0, 0.1) is 6.92 Å². The van der Waals surface area contributed by atoms with Crippen LogP contribution in [0.1, 0.15) is 36.8 Å². The van der Waals surface area contributed by atoms with E-state index in [-0.39, 0.29) is 24.0 Å². The molecule has 1 heterocycles. The number of rotatable bonds is 8. The van der Waals surface area contributed by atoms with Gasteiger partial charge in [-0.05, 0) is 37.8 Å². The molecule has 26 heavy (non-hydrogen) atoms. The average Bonchev–Trinajstić information content (AvgIpc) is 3.07. The zero-order valence-electron chi connectivity index (χ0n) is 16.6. The van der Waals surface area contributed by atoms with Crippen LogP contribution in [-0.2, 0) is 4.74 Å². The van der Waals surface area contributed by atoms with Crippen LogP contribution >= 0.6 is 24.0 Å². The summed E-state index contributed by atoms with van der Waals surface area (Å²) in [6.45, 7) is 9.19. The van der Waals surface area contributed by atoms with Crippen LogP contribution in [-0.4, -0.2) is 63.8 Å². The van der Waals surface area contributed by atoms with E-state index in [2.05, 4.69) is 58.6 Å². The number of aliphatic imine (C=N–C) groups is 1. The maximum absolute atomic E-state index is 5.22. The van der Waals surface area contributed by atoms with Gasteiger partial charge < -0.3 is 15.4 Å². The summed E-state index contributed by atoms with van der Waals surface area (Å²) in [5.41, 5.74) is 2.67. The first-order chi connectivity index (χ1) is 12.1. The SMILES string of the molecule is CN=C(NCC(C)c1cccc(C)c1)NCC1CCCN1CCOC.I. The molecule has 0 spiro atoms. The number of nitrogens with zero attached hydrogens (tertiary/aromatic N) is 2. The van der Waals surface area contributed by atoms with Crippen LogP contribution < -0.4 is 10.6 Å². The van der Waals surface area contributed by atoms with Crippen LogP contribution in [0.25, 0.3) is 0 Å². The highest BCUT2D eigenvalue weighted by atomic mass is 127. The third-order valence-corrected chi connectivity index (χ3v) is 5.00. The predicted octanol–water partition coefficient (Wildman–Crippen LogP) is 2.99. The van der Waals surface area contributed by atoms with Gasteiger partial charge >= 0.3 is 0 Å². The molecule has 0 aliphatic carbocycles. The van der Waals surface area contributed by atoms with E-state index in [0.717, 1.165) is 32.2 Å². The Kier molecular flexibility index (Phi) is 11.2. The Morgan fingerprint density at radius 1 is 1.38 bits per heavy atom. The van der Waals surface area contributed by atoms with Gasteiger partial charge in [-0.3, -0.25) is 9.89 Å². The van der Waals surface area contributed by atoms with Crippen molar-refractivity contribution in [3.63, 3.8) is 0 Å². The number of ether oxygens (including phenoxy) is 1. The molecular formula is C20H35IN4O. The van der Waals surface area contributed by atoms with Gasteiger partial charge in [-0.25, -0.2) is 0 Å². The average molecular weight is 474 g/mol. The summed E-state index contributed by atoms with van der Waals surface area (Å²) in [6, 6.07) is 9.29. The van der Waals surface area contributed by atoms with Gasteiger partial charge in [0.2, 0.25) is 0 Å². The lowest BCUT2D eigenvalue weighted by Gasteiger charge is -2.25. The van der Waals surface area contributed by atoms with Gasteiger partial charge in [-0.2, -0.15) is 0 Å². The largest absolute Gasteiger partial charge is 0.383 e. The molecule has 148 valence electrons. The van der Waals surface area contributed by atoms with Crippen molar-refractivity contribution in [1.29, 1.82) is 0 Å². The third-order valence-electron chi connectivity index (χ3n) is 5.00. The number of guanidine groups is 1. The number of halogens is 1. The van der Waals surface area contributed by atoms with Crippen molar-refractivity contribution in [3.8, 4) is 0 Å². The van der Waals surface area contributed by atoms with Crippen molar-refractivity contribution < 1.29 is 4.74 Å². The molecule has 1 aliphatic rings. The van der Waals surface area contributed by atoms with E-state index in [1.54, 1.807) is 7.11 Å². The maximum atomic E-state index is 5.22. The molecule has 6 heteroatoms. The van der Waals surface area contributed by atoms with E-state index in [1.165, 1.54) is 30.5 Å². The molecule has 0 aromatic heterocycles. The van der Waals surface area contributed by atoms with Crippen molar-refractivity contribution >= 4 is 29.9 Å². The van der Waals surface area contributed by atoms with Gasteiger partial charge in [0, 0.05) is 39.8 Å². The normalized spacial score (nSPS) is 19.1. The smallest absolute Gasteiger partial charge is 0.191 e. The van der Waals surface area contributed by atoms with E-state index < -0.39 is 0 Å². The maximum Gasteiger partial charge on any atom is 0.191 e. The van der Waals surface area contributed by atoms with Crippen LogP contribution in [0.2, 0.25) is 0 Å². The van der Waals surface area contributed by atoms with Crippen LogP contribution in [0.15, 0.2) is 29.3 Å². The van der Waals surface area contributed by atoms with Crippen molar-refractivity contribution in [2.24, 2.45) is 4.99 Å². The first-order valence-electron chi connectivity index (χ1n) is 9.38. The van der Waals surface area contributed by atoms with Gasteiger partial charge in [-0.1, -0.05) is 36.8 Å². The Balaban J connectivity index is 0.00000338. The highest BCUT2D eigenvalue weighted by Crippen LogP contribution is 2.16. The van der Waals surface area contributed by atoms with Gasteiger partial charge in [0.25, 0.3) is 0 Å². The Hall–Kier alpha value is -0.860. The quantitative estimate of drug-likeness (QED) is 0.346. The van der Waals surface area contributed by atoms with E-state index in [1.807, 2.05) is 7.05 Å². The Bertz CT molecular complexity index is 552. The number of hydrogen-bond donors (Lipinski definition) is 2. The fourth-order valence-corrected chi connectivity index (χ4v) is 3.41. The third kappa shape index (κ3) is 7.40. The van der Waals surface area contributed by atoms with Crippen LogP contribution in [0.3, 0.4) is 0 Å². The lowest BCUT2D eigenvalue weighted by molar-refractivity contribution is 0.141. The van der Waals surface area contributed by atoms with E-state index in [9.17, 15) is 0 Å². The molecule has 5 nitrogen and oxygen atoms in total. The molecule has 2 unspecified atom stereocenters. The fraction of sp³-hybridized carbons (Fsp3) is 0.650. The molecule has 0 amide bonds. The van der Waals surface area contributed by atoms with Crippen LogP contribution in [0.5, 0.6) is 0 Å². The zero-order valence-corrected chi connectivity index (χ0v) is 19.0. The van der Waals surface area contributed by atoms with Crippen molar-refractivity contribution in [2.75, 3.05) is 46.9 Å². The second-order valence-electron chi connectivity index (χ2n) is 6.97. The number of methoxy groups -OCH3 is 1. The molecule has 2 rings (SSSR count). The van der Waals surface area contributed by atoms with Crippen molar-refractivity contribution in [3.05, 3.63) is 35.4 Å². The number of likely N-dealkylation sites (tertiary alicyclic amines) is 1. The number of nitrogens with one attached hydrogen (secondary N) is 2. The molecule has 1 aromatic carbocycles. The standard InChI is InChI=1S/C20H34N4O.HI/c1-16-7-5-8-18(13-16)17(2)14-22-20(21-3)23-15-19-9-6-10-24(19)11-12-25-4;/h5,7-8,13,17,19H,6,9-12,14-15H2,1-4H3,(H2,21,22,23);1H. The Labute approximate surface area is 176 Å². The molecular weight excluding hydrogens is 439 g/mol. The summed E-state index contributed by atoms with van der Waals surface area (Å²) in [4.78, 5) is 6.88. The molecule has 0 saturated carbocycles. The minimum absolute atomic E-state index is 0. The first kappa shape index (κ1) is 23.2. The summed E-state index contributed by atoms with van der Waals surface area (Å²) in [7, 11) is 3.61. The first-order valence-corrected chi connectivity index (χ1v) is 9.38. The monoisotopic (exact) mass is 474 g/mol. The molecule has 1 aliphatic heterocycles. The lowest BCUT2D eigenvalue weighted by Crippen LogP contribution is -2.46. The highest BCUT2D eigenvalue weighted by Gasteiger charge is 2.24. The van der Waals surface area contributed by atoms with Gasteiger partial charge in [0.05, 0.1) is 6.61 Å². The molecule has 1 saturated heterocycles. The summed E-state index contributed by atoms with van der Waals surface area (Å²) in [5.74, 6) is 1.33. The van der Waals surface area contributed by atoms with Gasteiger partial charge in [0.1, 0.15) is 0 Å². The minimum atomic E-state index is 0. The molecule has 0 radical (unpaired) electrons. The topological polar surface area (TPSA) is 48.9 Å². The van der Waals surface area contributed by atoms with Crippen molar-refractivity contribution in [2.45, 2.75) is 38.6 Å². The van der Waals surface area contributed by atoms with E-state index >= 15 is 0 Å². The second-order valence-corrected chi connectivity index (χ2v) is 6.97. The Morgan fingerprint density at radius 3 is 2.88 bits per heavy atom. The van der Waals surface area contributed by atoms with E-state index in [0.29, 0.717) is 12.0 Å². The molecule has 2 atom stereocenters. The van der Waals surface area contributed by atoms with Gasteiger partial charge in [-0.15, -0.1) is 24.0 Å². The zero-order chi connectivity index (χ0) is 18.1. The molecule has 0 bridgehead atoms. The summed E-state index contributed by atoms with van der Waals surface area (Å²) in [5, 5.41) is 6.96. The minimum Gasteiger partial charge on any atom is -0.383 e. The molecule has 1 aromatic rings. The van der Waals surface area contributed by atoms with Gasteiger partial charge in [0.15, 0.2) is 5.96 Å². The summed E-state index contributed by atoms with van der Waals surface area (Å²) < 4.78 is 5.22. The number of hydrogen-bond acceptors (Lipinski definition) is 3. The molecule has 1 fully saturated rings. The van der Waals surface area contributed by atoms with Crippen molar-refractivity contribution in [1.82, 2.24) is 15.5 Å². The second kappa shape index (κ2) is 12.5. The Morgan fingerprint density at radius 2 is 2.19 bits per heavy atom. The lowest BCUT2D eigenvalue weighted by atomic mass is 9.99. The van der Waals surface area contributed by atoms with E-state index in [4.69, 9.17) is 4.74 Å². The van der Waals surface area contributed by atoms with Crippen LogP contribution in [0.4, 0.5) is 0 Å². The fourth-order valence-electron chi connectivity index (χ4n) is 3.41. The number of benzene rings is 1. The summed E-state index contributed by atoms with van der Waals surface area (Å²) in [6.07, 6.45) is 2.51. The molecule has 2 N–H and O–H groups in total. The summed E-state index contributed by atoms with van der Waals surface area (Å²) >= 11 is 0. The predicted molar refractivity (Wildman–Crippen MR) is 121 cm³/mol. The number of aryl methyl sites for hydroxylation is 1. The highest BCUT2D eigenvalue weighted by molar-refractivity contribution is 14.0.